The Bertz CT molecular complexity index is 803. The summed E-state index contributed by atoms with van der Waals surface area (Å²) in [6.45, 7) is 4.45. The largest absolute Gasteiger partial charge is 0.467 e. The van der Waals surface area contributed by atoms with Gasteiger partial charge in [-0.15, -0.1) is 0 Å². The number of rotatable bonds is 6. The first-order valence-corrected chi connectivity index (χ1v) is 9.18. The Labute approximate surface area is 150 Å². The number of thiazole rings is 1. The summed E-state index contributed by atoms with van der Waals surface area (Å²) in [6.07, 6.45) is 3.95. The molecule has 2 aromatic heterocycles. The fourth-order valence-electron chi connectivity index (χ4n) is 2.49. The van der Waals surface area contributed by atoms with Gasteiger partial charge in [0, 0.05) is 6.42 Å². The molecule has 2 heterocycles. The lowest BCUT2D eigenvalue weighted by molar-refractivity contribution is -0.118. The van der Waals surface area contributed by atoms with Crippen molar-refractivity contribution in [3.8, 4) is 0 Å². The quantitative estimate of drug-likeness (QED) is 0.575. The maximum absolute atomic E-state index is 12.7. The summed E-state index contributed by atoms with van der Waals surface area (Å²) in [6, 6.07) is 7.51. The first kappa shape index (κ1) is 17.0. The van der Waals surface area contributed by atoms with Crippen LogP contribution in [0.5, 0.6) is 0 Å². The Kier molecular flexibility index (Phi) is 5.21. The Morgan fingerprint density at radius 2 is 2.21 bits per heavy atom. The lowest BCUT2D eigenvalue weighted by atomic mass is 10.2. The van der Waals surface area contributed by atoms with Crippen molar-refractivity contribution in [2.24, 2.45) is 0 Å². The number of amides is 1. The van der Waals surface area contributed by atoms with Gasteiger partial charge in [0.15, 0.2) is 5.13 Å². The molecule has 0 bridgehead atoms. The van der Waals surface area contributed by atoms with Crippen LogP contribution in [0.15, 0.2) is 34.9 Å². The second-order valence-corrected chi connectivity index (χ2v) is 7.09. The summed E-state index contributed by atoms with van der Waals surface area (Å²) in [5.41, 5.74) is 1.91. The Morgan fingerprint density at radius 3 is 2.88 bits per heavy atom. The van der Waals surface area contributed by atoms with Gasteiger partial charge in [0.1, 0.15) is 5.76 Å². The third-order valence-electron chi connectivity index (χ3n) is 3.86. The third kappa shape index (κ3) is 3.47. The lowest BCUT2D eigenvalue weighted by Crippen LogP contribution is -2.29. The minimum absolute atomic E-state index is 0.0566. The smallest absolute Gasteiger partial charge is 0.229 e. The molecule has 126 valence electrons. The van der Waals surface area contributed by atoms with E-state index < -0.39 is 0 Å². The molecule has 0 aliphatic heterocycles. The van der Waals surface area contributed by atoms with Crippen LogP contribution in [-0.2, 0) is 11.3 Å². The fraction of sp³-hybridized carbons (Fsp3) is 0.333. The highest BCUT2D eigenvalue weighted by atomic mass is 35.5. The van der Waals surface area contributed by atoms with Crippen LogP contribution in [0.2, 0.25) is 5.02 Å². The molecule has 6 heteroatoms. The zero-order valence-corrected chi connectivity index (χ0v) is 15.3. The van der Waals surface area contributed by atoms with Crippen LogP contribution in [0.4, 0.5) is 5.13 Å². The number of hydrogen-bond acceptors (Lipinski definition) is 4. The standard InChI is InChI=1S/C18H19ClN2O2S/c1-3-4-7-15(22)21(11-13-6-5-10-23-13)18-20-16-12(2)8-9-14(19)17(16)24-18/h5-6,8-10H,3-4,7,11H2,1-2H3. The number of unbranched alkanes of at least 4 members (excludes halogenated alkanes) is 1. The first-order valence-electron chi connectivity index (χ1n) is 7.98. The van der Waals surface area contributed by atoms with Gasteiger partial charge < -0.3 is 4.42 Å². The van der Waals surface area contributed by atoms with E-state index in [1.54, 1.807) is 11.2 Å². The summed E-state index contributed by atoms with van der Waals surface area (Å²) in [5.74, 6) is 0.794. The highest BCUT2D eigenvalue weighted by Crippen LogP contribution is 2.36. The molecule has 24 heavy (non-hydrogen) atoms. The number of nitrogens with zero attached hydrogens (tertiary/aromatic N) is 2. The molecule has 0 saturated carbocycles. The Hall–Kier alpha value is -1.85. The van der Waals surface area contributed by atoms with Crippen molar-refractivity contribution < 1.29 is 9.21 Å². The van der Waals surface area contributed by atoms with E-state index in [0.717, 1.165) is 34.4 Å². The maximum Gasteiger partial charge on any atom is 0.229 e. The molecule has 0 atom stereocenters. The van der Waals surface area contributed by atoms with E-state index in [9.17, 15) is 4.79 Å². The second-order valence-electron chi connectivity index (χ2n) is 5.70. The number of halogens is 1. The number of anilines is 1. The van der Waals surface area contributed by atoms with Crippen molar-refractivity contribution in [2.75, 3.05) is 4.90 Å². The molecule has 0 aliphatic rings. The molecule has 3 rings (SSSR count). The van der Waals surface area contributed by atoms with Crippen molar-refractivity contribution in [2.45, 2.75) is 39.7 Å². The van der Waals surface area contributed by atoms with Gasteiger partial charge in [-0.3, -0.25) is 9.69 Å². The Balaban J connectivity index is 1.99. The van der Waals surface area contributed by atoms with Crippen LogP contribution < -0.4 is 4.90 Å². The van der Waals surface area contributed by atoms with E-state index in [-0.39, 0.29) is 5.91 Å². The minimum atomic E-state index is 0.0566. The normalized spacial score (nSPS) is 11.1. The monoisotopic (exact) mass is 362 g/mol. The molecule has 0 N–H and O–H groups in total. The van der Waals surface area contributed by atoms with Crippen LogP contribution in [0.3, 0.4) is 0 Å². The summed E-state index contributed by atoms with van der Waals surface area (Å²) in [7, 11) is 0. The van der Waals surface area contributed by atoms with Gasteiger partial charge in [0.25, 0.3) is 0 Å². The maximum atomic E-state index is 12.7. The molecule has 0 radical (unpaired) electrons. The van der Waals surface area contributed by atoms with Crippen molar-refractivity contribution in [1.29, 1.82) is 0 Å². The average molecular weight is 363 g/mol. The topological polar surface area (TPSA) is 46.3 Å². The van der Waals surface area contributed by atoms with Gasteiger partial charge in [-0.25, -0.2) is 4.98 Å². The molecule has 1 amide bonds. The number of aryl methyl sites for hydroxylation is 1. The second kappa shape index (κ2) is 7.36. The number of carbonyl (C=O) groups is 1. The summed E-state index contributed by atoms with van der Waals surface area (Å²) >= 11 is 7.75. The highest BCUT2D eigenvalue weighted by Gasteiger charge is 2.22. The molecule has 0 spiro atoms. The van der Waals surface area contributed by atoms with Crippen LogP contribution in [0, 0.1) is 6.92 Å². The highest BCUT2D eigenvalue weighted by molar-refractivity contribution is 7.23. The van der Waals surface area contributed by atoms with Crippen molar-refractivity contribution in [1.82, 2.24) is 4.98 Å². The predicted octanol–water partition coefficient (Wildman–Crippen LogP) is 5.57. The van der Waals surface area contributed by atoms with Gasteiger partial charge in [0.2, 0.25) is 5.91 Å². The van der Waals surface area contributed by atoms with Crippen LogP contribution in [0.25, 0.3) is 10.2 Å². The molecule has 3 aromatic rings. The number of carbonyl (C=O) groups excluding carboxylic acids is 1. The molecular formula is C18H19ClN2O2S. The van der Waals surface area contributed by atoms with Crippen molar-refractivity contribution in [3.05, 3.63) is 46.9 Å². The molecule has 4 nitrogen and oxygen atoms in total. The number of furan rings is 1. The summed E-state index contributed by atoms with van der Waals surface area (Å²) in [5, 5.41) is 1.33. The number of aromatic nitrogens is 1. The lowest BCUT2D eigenvalue weighted by Gasteiger charge is -2.18. The van der Waals surface area contributed by atoms with Crippen LogP contribution in [0.1, 0.15) is 37.5 Å². The van der Waals surface area contributed by atoms with Crippen LogP contribution in [-0.4, -0.2) is 10.9 Å². The van der Waals surface area contributed by atoms with Gasteiger partial charge in [0.05, 0.1) is 28.0 Å². The van der Waals surface area contributed by atoms with E-state index in [4.69, 9.17) is 16.0 Å². The fourth-order valence-corrected chi connectivity index (χ4v) is 3.82. The number of fused-ring (bicyclic) bond motifs is 1. The van der Waals surface area contributed by atoms with Gasteiger partial charge in [-0.2, -0.15) is 0 Å². The van der Waals surface area contributed by atoms with E-state index >= 15 is 0 Å². The van der Waals surface area contributed by atoms with E-state index in [1.807, 2.05) is 31.2 Å². The Morgan fingerprint density at radius 1 is 1.38 bits per heavy atom. The predicted molar refractivity (Wildman–Crippen MR) is 98.8 cm³/mol. The van der Waals surface area contributed by atoms with Gasteiger partial charge in [-0.05, 0) is 37.1 Å². The van der Waals surface area contributed by atoms with E-state index in [0.29, 0.717) is 23.1 Å². The molecule has 0 unspecified atom stereocenters. The average Bonchev–Trinajstić information content (AvgIpc) is 3.23. The van der Waals surface area contributed by atoms with Crippen molar-refractivity contribution >= 4 is 44.2 Å². The summed E-state index contributed by atoms with van der Waals surface area (Å²) < 4.78 is 6.33. The molecule has 0 saturated heterocycles. The molecule has 1 aromatic carbocycles. The molecule has 0 fully saturated rings. The van der Waals surface area contributed by atoms with Crippen molar-refractivity contribution in [3.63, 3.8) is 0 Å². The molecule has 0 aliphatic carbocycles. The van der Waals surface area contributed by atoms with Gasteiger partial charge in [-0.1, -0.05) is 42.3 Å². The zero-order valence-electron chi connectivity index (χ0n) is 13.7. The number of hydrogen-bond donors (Lipinski definition) is 0. The van der Waals surface area contributed by atoms with E-state index in [1.165, 1.54) is 11.3 Å². The SMILES string of the molecule is CCCCC(=O)N(Cc1ccco1)c1nc2c(C)ccc(Cl)c2s1. The third-order valence-corrected chi connectivity index (χ3v) is 5.39. The minimum Gasteiger partial charge on any atom is -0.467 e. The number of benzene rings is 1. The van der Waals surface area contributed by atoms with Gasteiger partial charge >= 0.3 is 0 Å². The van der Waals surface area contributed by atoms with E-state index in [2.05, 4.69) is 11.9 Å². The summed E-state index contributed by atoms with van der Waals surface area (Å²) in [4.78, 5) is 19.1. The molecular weight excluding hydrogens is 344 g/mol. The van der Waals surface area contributed by atoms with Crippen LogP contribution >= 0.6 is 22.9 Å². The first-order chi connectivity index (χ1) is 11.6. The zero-order chi connectivity index (χ0) is 17.1.